The summed E-state index contributed by atoms with van der Waals surface area (Å²) >= 11 is 0. The average molecular weight is 249 g/mol. The summed E-state index contributed by atoms with van der Waals surface area (Å²) in [6.45, 7) is 2.04. The van der Waals surface area contributed by atoms with Crippen molar-refractivity contribution in [3.05, 3.63) is 26.7 Å². The molecule has 5 N–H and O–H groups in total. The summed E-state index contributed by atoms with van der Waals surface area (Å²) in [6.07, 6.45) is 2.91. The van der Waals surface area contributed by atoms with Gasteiger partial charge in [0.1, 0.15) is 11.3 Å². The third-order valence-electron chi connectivity index (χ3n) is 3.96. The molecule has 96 valence electrons. The molecular formula is C11H15N5O2. The molecule has 0 aliphatic heterocycles. The van der Waals surface area contributed by atoms with Crippen LogP contribution < -0.4 is 17.0 Å². The molecule has 2 aromatic heterocycles. The van der Waals surface area contributed by atoms with E-state index in [1.165, 1.54) is 0 Å². The molecule has 1 aliphatic carbocycles. The predicted molar refractivity (Wildman–Crippen MR) is 66.5 cm³/mol. The number of rotatable bonds is 1. The summed E-state index contributed by atoms with van der Waals surface area (Å²) in [5.74, 6) is 0.676. The van der Waals surface area contributed by atoms with Crippen molar-refractivity contribution in [3.8, 4) is 0 Å². The highest BCUT2D eigenvalue weighted by molar-refractivity contribution is 5.69. The van der Waals surface area contributed by atoms with Crippen molar-refractivity contribution in [1.29, 1.82) is 0 Å². The van der Waals surface area contributed by atoms with Gasteiger partial charge in [-0.25, -0.2) is 9.78 Å². The predicted octanol–water partition coefficient (Wildman–Crippen LogP) is -0.292. The second-order valence-electron chi connectivity index (χ2n) is 5.13. The van der Waals surface area contributed by atoms with Gasteiger partial charge in [0.25, 0.3) is 5.56 Å². The minimum Gasteiger partial charge on any atom is -0.336 e. The second kappa shape index (κ2) is 3.55. The van der Waals surface area contributed by atoms with Crippen molar-refractivity contribution in [2.24, 2.45) is 5.73 Å². The van der Waals surface area contributed by atoms with Gasteiger partial charge in [-0.3, -0.25) is 14.8 Å². The zero-order valence-electron chi connectivity index (χ0n) is 10.0. The molecule has 0 saturated heterocycles. The first kappa shape index (κ1) is 11.2. The van der Waals surface area contributed by atoms with Gasteiger partial charge in [0.15, 0.2) is 5.65 Å². The fraction of sp³-hybridized carbons (Fsp3) is 0.545. The van der Waals surface area contributed by atoms with Gasteiger partial charge in [0, 0.05) is 11.5 Å². The Bertz CT molecular complexity index is 712. The van der Waals surface area contributed by atoms with Gasteiger partial charge in [-0.1, -0.05) is 13.3 Å². The Morgan fingerprint density at radius 3 is 2.78 bits per heavy atom. The van der Waals surface area contributed by atoms with Crippen molar-refractivity contribution in [2.45, 2.75) is 37.6 Å². The zero-order chi connectivity index (χ0) is 12.9. The summed E-state index contributed by atoms with van der Waals surface area (Å²) in [5, 5.41) is 0. The first-order chi connectivity index (χ1) is 8.50. The van der Waals surface area contributed by atoms with Crippen LogP contribution >= 0.6 is 0 Å². The van der Waals surface area contributed by atoms with E-state index in [4.69, 9.17) is 5.73 Å². The van der Waals surface area contributed by atoms with Gasteiger partial charge in [-0.15, -0.1) is 0 Å². The third-order valence-corrected chi connectivity index (χ3v) is 3.96. The molecule has 2 heterocycles. The van der Waals surface area contributed by atoms with Gasteiger partial charge >= 0.3 is 5.69 Å². The van der Waals surface area contributed by atoms with Crippen LogP contribution in [0.2, 0.25) is 0 Å². The van der Waals surface area contributed by atoms with Crippen molar-refractivity contribution >= 4 is 11.2 Å². The lowest BCUT2D eigenvalue weighted by molar-refractivity contribution is 0.408. The molecule has 1 fully saturated rings. The highest BCUT2D eigenvalue weighted by Crippen LogP contribution is 2.38. The van der Waals surface area contributed by atoms with E-state index >= 15 is 0 Å². The normalized spacial score (nSPS) is 28.0. The summed E-state index contributed by atoms with van der Waals surface area (Å²) in [5.41, 5.74) is 5.44. The van der Waals surface area contributed by atoms with Crippen LogP contribution in [0.5, 0.6) is 0 Å². The van der Waals surface area contributed by atoms with E-state index in [0.717, 1.165) is 19.3 Å². The van der Waals surface area contributed by atoms with Crippen molar-refractivity contribution < 1.29 is 0 Å². The number of nitrogens with two attached hydrogens (primary N) is 1. The first-order valence-electron chi connectivity index (χ1n) is 5.99. The van der Waals surface area contributed by atoms with Crippen LogP contribution in [0.4, 0.5) is 0 Å². The molecule has 0 spiro atoms. The summed E-state index contributed by atoms with van der Waals surface area (Å²) < 4.78 is 0. The van der Waals surface area contributed by atoms with E-state index in [-0.39, 0.29) is 11.5 Å². The van der Waals surface area contributed by atoms with E-state index in [1.54, 1.807) is 0 Å². The quantitative estimate of drug-likeness (QED) is 0.555. The van der Waals surface area contributed by atoms with E-state index in [2.05, 4.69) is 19.9 Å². The lowest BCUT2D eigenvalue weighted by atomic mass is 9.84. The number of H-pyrrole nitrogens is 3. The maximum Gasteiger partial charge on any atom is 0.327 e. The molecule has 2 atom stereocenters. The minimum atomic E-state index is -0.550. The lowest BCUT2D eigenvalue weighted by Crippen LogP contribution is -2.39. The largest absolute Gasteiger partial charge is 0.336 e. The monoisotopic (exact) mass is 249 g/mol. The van der Waals surface area contributed by atoms with E-state index in [1.807, 2.05) is 6.92 Å². The molecular weight excluding hydrogens is 234 g/mol. The number of aromatic amines is 3. The number of imidazole rings is 1. The van der Waals surface area contributed by atoms with Crippen LogP contribution in [0.15, 0.2) is 9.59 Å². The molecule has 7 heteroatoms. The molecule has 18 heavy (non-hydrogen) atoms. The number of aromatic nitrogens is 4. The fourth-order valence-corrected chi connectivity index (χ4v) is 2.69. The number of nitrogens with zero attached hydrogens (tertiary/aromatic N) is 1. The van der Waals surface area contributed by atoms with Gasteiger partial charge in [0.05, 0.1) is 0 Å². The highest BCUT2D eigenvalue weighted by Gasteiger charge is 2.40. The Labute approximate surface area is 102 Å². The smallest absolute Gasteiger partial charge is 0.327 e. The van der Waals surface area contributed by atoms with E-state index < -0.39 is 11.2 Å². The highest BCUT2D eigenvalue weighted by atomic mass is 16.2. The summed E-state index contributed by atoms with van der Waals surface area (Å²) in [7, 11) is 0. The Morgan fingerprint density at radius 2 is 2.11 bits per heavy atom. The number of fused-ring (bicyclic) bond motifs is 1. The molecule has 0 amide bonds. The molecule has 3 rings (SSSR count). The maximum absolute atomic E-state index is 11.6. The Kier molecular flexibility index (Phi) is 2.21. The van der Waals surface area contributed by atoms with Crippen LogP contribution in [0, 0.1) is 0 Å². The van der Waals surface area contributed by atoms with Gasteiger partial charge in [-0.05, 0) is 12.8 Å². The lowest BCUT2D eigenvalue weighted by Gasteiger charge is -2.26. The van der Waals surface area contributed by atoms with Crippen LogP contribution in [0.3, 0.4) is 0 Å². The zero-order valence-corrected chi connectivity index (χ0v) is 10.0. The molecule has 1 aliphatic rings. The van der Waals surface area contributed by atoms with E-state index in [0.29, 0.717) is 17.0 Å². The second-order valence-corrected chi connectivity index (χ2v) is 5.13. The average Bonchev–Trinajstić information content (AvgIpc) is 2.85. The van der Waals surface area contributed by atoms with Crippen molar-refractivity contribution in [1.82, 2.24) is 19.9 Å². The molecule has 2 aromatic rings. The van der Waals surface area contributed by atoms with Crippen molar-refractivity contribution in [3.63, 3.8) is 0 Å². The van der Waals surface area contributed by atoms with Gasteiger partial charge in [-0.2, -0.15) is 0 Å². The van der Waals surface area contributed by atoms with E-state index in [9.17, 15) is 9.59 Å². The Hall–Kier alpha value is -1.89. The molecule has 7 nitrogen and oxygen atoms in total. The van der Waals surface area contributed by atoms with Crippen molar-refractivity contribution in [2.75, 3.05) is 0 Å². The molecule has 0 bridgehead atoms. The molecule has 2 unspecified atom stereocenters. The maximum atomic E-state index is 11.6. The van der Waals surface area contributed by atoms with Crippen LogP contribution in [-0.4, -0.2) is 26.0 Å². The number of nitrogens with one attached hydrogen (secondary N) is 3. The van der Waals surface area contributed by atoms with Crippen LogP contribution in [0.1, 0.15) is 32.0 Å². The number of hydrogen-bond donors (Lipinski definition) is 4. The summed E-state index contributed by atoms with van der Waals surface area (Å²) in [6, 6.07) is 0.0175. The third kappa shape index (κ3) is 1.43. The van der Waals surface area contributed by atoms with Crippen LogP contribution in [-0.2, 0) is 5.41 Å². The summed E-state index contributed by atoms with van der Waals surface area (Å²) in [4.78, 5) is 34.8. The molecule has 0 aromatic carbocycles. The Balaban J connectivity index is 2.23. The Morgan fingerprint density at radius 1 is 1.33 bits per heavy atom. The molecule has 1 saturated carbocycles. The molecule has 0 radical (unpaired) electrons. The standard InChI is InChI=1S/C11H15N5O2/c1-11(4-2-3-5(11)12)9-13-6-7(14-9)15-10(18)16-8(6)17/h5H,2-4,12H2,1H3,(H3,13,14,15,16,17,18). The minimum absolute atomic E-state index is 0.0175. The van der Waals surface area contributed by atoms with Gasteiger partial charge < -0.3 is 10.7 Å². The number of hydrogen-bond acceptors (Lipinski definition) is 4. The first-order valence-corrected chi connectivity index (χ1v) is 5.99. The van der Waals surface area contributed by atoms with Crippen LogP contribution in [0.25, 0.3) is 11.2 Å². The SMILES string of the molecule is CC1(c2nc3[nH]c(=O)[nH]c(=O)c3[nH]2)CCCC1N. The fourth-order valence-electron chi connectivity index (χ4n) is 2.69. The topological polar surface area (TPSA) is 120 Å². The van der Waals surface area contributed by atoms with Gasteiger partial charge in [0.2, 0.25) is 0 Å².